The number of fused-ring (bicyclic) bond motifs is 3. The Labute approximate surface area is 168 Å². The molecule has 5 rings (SSSR count). The second kappa shape index (κ2) is 7.76. The van der Waals surface area contributed by atoms with Crippen molar-refractivity contribution in [1.82, 2.24) is 9.97 Å². The molecular formula is C23H23N3OS. The maximum Gasteiger partial charge on any atom is 0.138 e. The number of aromatic nitrogens is 2. The molecule has 5 heteroatoms. The lowest BCUT2D eigenvalue weighted by Crippen LogP contribution is -2.09. The first-order chi connectivity index (χ1) is 13.9. The SMILES string of the molecule is c1ccc(Cc2nc(NCCc3ccco3)c3c4c(sc3n2)CCCC4)cc1. The molecule has 1 aliphatic carbocycles. The third kappa shape index (κ3) is 3.54. The van der Waals surface area contributed by atoms with Gasteiger partial charge >= 0.3 is 0 Å². The monoisotopic (exact) mass is 389 g/mol. The molecule has 0 saturated heterocycles. The molecule has 0 saturated carbocycles. The maximum absolute atomic E-state index is 5.47. The first kappa shape index (κ1) is 17.4. The van der Waals surface area contributed by atoms with Crippen molar-refractivity contribution in [3.63, 3.8) is 0 Å². The van der Waals surface area contributed by atoms with Gasteiger partial charge in [0.2, 0.25) is 0 Å². The summed E-state index contributed by atoms with van der Waals surface area (Å²) in [4.78, 5) is 12.5. The van der Waals surface area contributed by atoms with Gasteiger partial charge in [-0.1, -0.05) is 30.3 Å². The van der Waals surface area contributed by atoms with Crippen molar-refractivity contribution in [2.24, 2.45) is 0 Å². The van der Waals surface area contributed by atoms with Gasteiger partial charge in [-0.25, -0.2) is 9.97 Å². The Kier molecular flexibility index (Phi) is 4.83. The number of furan rings is 1. The van der Waals surface area contributed by atoms with E-state index in [2.05, 4.69) is 29.6 Å². The van der Waals surface area contributed by atoms with Crippen LogP contribution < -0.4 is 5.32 Å². The fourth-order valence-corrected chi connectivity index (χ4v) is 5.23. The Morgan fingerprint density at radius 3 is 2.75 bits per heavy atom. The zero-order valence-corrected chi connectivity index (χ0v) is 16.6. The summed E-state index contributed by atoms with van der Waals surface area (Å²) in [6, 6.07) is 14.4. The van der Waals surface area contributed by atoms with Crippen molar-refractivity contribution in [1.29, 1.82) is 0 Å². The highest BCUT2D eigenvalue weighted by Crippen LogP contribution is 2.38. The van der Waals surface area contributed by atoms with Crippen LogP contribution in [0.1, 0.15) is 40.4 Å². The van der Waals surface area contributed by atoms with Crippen molar-refractivity contribution in [2.75, 3.05) is 11.9 Å². The van der Waals surface area contributed by atoms with Crippen LogP contribution in [0.15, 0.2) is 53.1 Å². The summed E-state index contributed by atoms with van der Waals surface area (Å²) in [6.07, 6.45) is 8.19. The molecule has 4 aromatic rings. The number of thiophene rings is 1. The number of hydrogen-bond donors (Lipinski definition) is 1. The third-order valence-electron chi connectivity index (χ3n) is 5.31. The van der Waals surface area contributed by atoms with E-state index in [9.17, 15) is 0 Å². The molecule has 28 heavy (non-hydrogen) atoms. The topological polar surface area (TPSA) is 51.0 Å². The summed E-state index contributed by atoms with van der Waals surface area (Å²) in [5, 5.41) is 4.83. The first-order valence-corrected chi connectivity index (χ1v) is 10.8. The summed E-state index contributed by atoms with van der Waals surface area (Å²) < 4.78 is 5.47. The highest BCUT2D eigenvalue weighted by Gasteiger charge is 2.21. The van der Waals surface area contributed by atoms with Gasteiger partial charge in [0.05, 0.1) is 11.6 Å². The van der Waals surface area contributed by atoms with Crippen molar-refractivity contribution < 1.29 is 4.42 Å². The summed E-state index contributed by atoms with van der Waals surface area (Å²) in [6.45, 7) is 0.801. The van der Waals surface area contributed by atoms with Crippen LogP contribution in [-0.2, 0) is 25.7 Å². The fraction of sp³-hybridized carbons (Fsp3) is 0.304. The molecule has 0 aliphatic heterocycles. The van der Waals surface area contributed by atoms with Crippen LogP contribution in [0, 0.1) is 0 Å². The summed E-state index contributed by atoms with van der Waals surface area (Å²) in [5.74, 6) is 2.87. The third-order valence-corrected chi connectivity index (χ3v) is 6.50. The molecule has 1 aliphatic rings. The van der Waals surface area contributed by atoms with Crippen LogP contribution in [0.4, 0.5) is 5.82 Å². The quantitative estimate of drug-likeness (QED) is 0.479. The molecule has 0 fully saturated rings. The largest absolute Gasteiger partial charge is 0.469 e. The van der Waals surface area contributed by atoms with Crippen molar-refractivity contribution >= 4 is 27.4 Å². The predicted octanol–water partition coefficient (Wildman–Crippen LogP) is 5.41. The molecule has 3 aromatic heterocycles. The normalized spacial score (nSPS) is 13.6. The van der Waals surface area contributed by atoms with E-state index >= 15 is 0 Å². The molecule has 0 atom stereocenters. The van der Waals surface area contributed by atoms with Crippen LogP contribution in [0.2, 0.25) is 0 Å². The van der Waals surface area contributed by atoms with Crippen LogP contribution >= 0.6 is 11.3 Å². The van der Waals surface area contributed by atoms with E-state index in [-0.39, 0.29) is 0 Å². The molecule has 1 aromatic carbocycles. The van der Waals surface area contributed by atoms with Crippen molar-refractivity contribution in [3.05, 3.63) is 76.3 Å². The van der Waals surface area contributed by atoms with Crippen molar-refractivity contribution in [3.8, 4) is 0 Å². The van der Waals surface area contributed by atoms with E-state index in [0.717, 1.165) is 48.0 Å². The van der Waals surface area contributed by atoms with Gasteiger partial charge in [0.25, 0.3) is 0 Å². The molecule has 0 radical (unpaired) electrons. The summed E-state index contributed by atoms with van der Waals surface area (Å²) >= 11 is 1.86. The lowest BCUT2D eigenvalue weighted by atomic mass is 9.97. The lowest BCUT2D eigenvalue weighted by molar-refractivity contribution is 0.513. The number of nitrogens with one attached hydrogen (secondary N) is 1. The average molecular weight is 390 g/mol. The van der Waals surface area contributed by atoms with E-state index in [1.165, 1.54) is 40.7 Å². The Morgan fingerprint density at radius 2 is 1.89 bits per heavy atom. The van der Waals surface area contributed by atoms with Crippen LogP contribution in [-0.4, -0.2) is 16.5 Å². The van der Waals surface area contributed by atoms with Gasteiger partial charge in [0.1, 0.15) is 22.2 Å². The number of anilines is 1. The number of hydrogen-bond acceptors (Lipinski definition) is 5. The predicted molar refractivity (Wildman–Crippen MR) is 114 cm³/mol. The first-order valence-electron chi connectivity index (χ1n) is 9.98. The summed E-state index contributed by atoms with van der Waals surface area (Å²) in [5.41, 5.74) is 2.71. The molecule has 0 spiro atoms. The standard InChI is InChI=1S/C23H23N3OS/c1-2-7-16(8-3-1)15-20-25-22(24-13-12-17-9-6-14-27-17)21-18-10-4-5-11-19(18)28-23(21)26-20/h1-3,6-9,14H,4-5,10-13,15H2,(H,24,25,26). The van der Waals surface area contributed by atoms with Gasteiger partial charge in [0.15, 0.2) is 0 Å². The maximum atomic E-state index is 5.47. The smallest absolute Gasteiger partial charge is 0.138 e. The molecule has 0 bridgehead atoms. The second-order valence-electron chi connectivity index (χ2n) is 7.30. The number of aryl methyl sites for hydroxylation is 2. The Balaban J connectivity index is 1.49. The van der Waals surface area contributed by atoms with Gasteiger partial charge in [-0.3, -0.25) is 0 Å². The Morgan fingerprint density at radius 1 is 1.00 bits per heavy atom. The van der Waals surface area contributed by atoms with Crippen LogP contribution in [0.5, 0.6) is 0 Å². The highest BCUT2D eigenvalue weighted by molar-refractivity contribution is 7.19. The summed E-state index contributed by atoms with van der Waals surface area (Å²) in [7, 11) is 0. The van der Waals surface area contributed by atoms with Crippen LogP contribution in [0.3, 0.4) is 0 Å². The number of benzene rings is 1. The number of rotatable bonds is 6. The minimum Gasteiger partial charge on any atom is -0.469 e. The Bertz CT molecular complexity index is 1070. The zero-order valence-electron chi connectivity index (χ0n) is 15.8. The molecule has 0 amide bonds. The van der Waals surface area contributed by atoms with Gasteiger partial charge in [-0.15, -0.1) is 11.3 Å². The average Bonchev–Trinajstić information content (AvgIpc) is 3.36. The molecule has 4 nitrogen and oxygen atoms in total. The molecule has 1 N–H and O–H groups in total. The number of nitrogens with zero attached hydrogens (tertiary/aromatic N) is 2. The van der Waals surface area contributed by atoms with E-state index in [1.54, 1.807) is 6.26 Å². The van der Waals surface area contributed by atoms with Crippen LogP contribution in [0.25, 0.3) is 10.2 Å². The minimum atomic E-state index is 0.756. The molecular weight excluding hydrogens is 366 g/mol. The second-order valence-corrected chi connectivity index (χ2v) is 8.38. The van der Waals surface area contributed by atoms with Gasteiger partial charge < -0.3 is 9.73 Å². The van der Waals surface area contributed by atoms with Gasteiger partial charge in [0, 0.05) is 24.3 Å². The highest BCUT2D eigenvalue weighted by atomic mass is 32.1. The fourth-order valence-electron chi connectivity index (χ4n) is 3.95. The molecule has 3 heterocycles. The zero-order chi connectivity index (χ0) is 18.8. The molecule has 142 valence electrons. The van der Waals surface area contributed by atoms with Gasteiger partial charge in [-0.2, -0.15) is 0 Å². The van der Waals surface area contributed by atoms with E-state index in [0.29, 0.717) is 0 Å². The minimum absolute atomic E-state index is 0.756. The Hall–Kier alpha value is -2.66. The molecule has 0 unspecified atom stereocenters. The van der Waals surface area contributed by atoms with E-state index < -0.39 is 0 Å². The van der Waals surface area contributed by atoms with E-state index in [1.807, 2.05) is 29.5 Å². The van der Waals surface area contributed by atoms with Gasteiger partial charge in [-0.05, 0) is 48.9 Å². The van der Waals surface area contributed by atoms with E-state index in [4.69, 9.17) is 14.4 Å². The van der Waals surface area contributed by atoms with Crippen molar-refractivity contribution in [2.45, 2.75) is 38.5 Å². The lowest BCUT2D eigenvalue weighted by Gasteiger charge is -2.13.